The van der Waals surface area contributed by atoms with Crippen LogP contribution in [-0.2, 0) is 22.7 Å². The fourth-order valence-electron chi connectivity index (χ4n) is 3.94. The molecular weight excluding hydrogens is 444 g/mol. The molecule has 1 aliphatic heterocycles. The van der Waals surface area contributed by atoms with Crippen molar-refractivity contribution in [3.63, 3.8) is 0 Å². The maximum absolute atomic E-state index is 13.2. The van der Waals surface area contributed by atoms with Gasteiger partial charge in [0.2, 0.25) is 11.8 Å². The van der Waals surface area contributed by atoms with Crippen LogP contribution in [0.2, 0.25) is 0 Å². The highest BCUT2D eigenvalue weighted by molar-refractivity contribution is 7.17. The van der Waals surface area contributed by atoms with Crippen LogP contribution in [0.5, 0.6) is 0 Å². The van der Waals surface area contributed by atoms with Gasteiger partial charge in [0.25, 0.3) is 5.56 Å². The maximum Gasteiger partial charge on any atom is 0.332 e. The number of benzene rings is 1. The van der Waals surface area contributed by atoms with Gasteiger partial charge in [0.15, 0.2) is 5.78 Å². The van der Waals surface area contributed by atoms with Crippen LogP contribution in [0.1, 0.15) is 36.5 Å². The van der Waals surface area contributed by atoms with Gasteiger partial charge in [-0.3, -0.25) is 23.7 Å². The molecule has 0 spiro atoms. The fourth-order valence-corrected chi connectivity index (χ4v) is 4.78. The van der Waals surface area contributed by atoms with Gasteiger partial charge in [0.1, 0.15) is 17.8 Å². The fraction of sp³-hybridized carbons (Fsp3) is 0.348. The highest BCUT2D eigenvalue weighted by atomic mass is 32.1. The summed E-state index contributed by atoms with van der Waals surface area (Å²) in [5.74, 6) is -0.820. The summed E-state index contributed by atoms with van der Waals surface area (Å²) >= 11 is 1.17. The van der Waals surface area contributed by atoms with Gasteiger partial charge in [-0.1, -0.05) is 0 Å². The molecule has 0 bridgehead atoms. The number of hydrogen-bond acceptors (Lipinski definition) is 6. The number of hydrogen-bond donors (Lipinski definition) is 1. The molecule has 1 N–H and O–H groups in total. The van der Waals surface area contributed by atoms with Crippen molar-refractivity contribution in [3.05, 3.63) is 62.1 Å². The van der Waals surface area contributed by atoms with Gasteiger partial charge in [0.05, 0.1) is 5.52 Å². The number of nitrogens with zero attached hydrogens (tertiary/aromatic N) is 3. The van der Waals surface area contributed by atoms with E-state index in [2.05, 4.69) is 5.32 Å². The molecule has 0 saturated carbocycles. The molecule has 1 aliphatic rings. The molecule has 10 heteroatoms. The van der Waals surface area contributed by atoms with Gasteiger partial charge < -0.3 is 10.2 Å². The number of nitrogens with one attached hydrogen (secondary N) is 1. The Balaban J connectivity index is 1.60. The molecule has 3 heterocycles. The number of aromatic nitrogens is 2. The van der Waals surface area contributed by atoms with Crippen molar-refractivity contribution in [2.75, 3.05) is 18.4 Å². The second-order valence-corrected chi connectivity index (χ2v) is 8.93. The minimum atomic E-state index is -0.696. The number of rotatable bonds is 6. The number of piperidine rings is 1. The minimum Gasteiger partial charge on any atom is -0.341 e. The quantitative estimate of drug-likeness (QED) is 0.557. The van der Waals surface area contributed by atoms with Crippen molar-refractivity contribution in [2.45, 2.75) is 39.3 Å². The molecule has 1 aromatic carbocycles. The largest absolute Gasteiger partial charge is 0.341 e. The molecule has 1 fully saturated rings. The Morgan fingerprint density at radius 1 is 0.939 bits per heavy atom. The second kappa shape index (κ2) is 9.53. The van der Waals surface area contributed by atoms with Crippen molar-refractivity contribution < 1.29 is 14.4 Å². The molecule has 4 rings (SSSR count). The van der Waals surface area contributed by atoms with E-state index in [1.54, 1.807) is 40.6 Å². The number of likely N-dealkylation sites (tertiary alicyclic amines) is 1. The van der Waals surface area contributed by atoms with Crippen LogP contribution in [0.15, 0.2) is 45.3 Å². The third-order valence-corrected chi connectivity index (χ3v) is 6.61. The van der Waals surface area contributed by atoms with E-state index in [-0.39, 0.29) is 24.8 Å². The molecule has 3 aromatic rings. The summed E-state index contributed by atoms with van der Waals surface area (Å²) in [7, 11) is 0. The average molecular weight is 469 g/mol. The molecule has 9 nitrogen and oxygen atoms in total. The van der Waals surface area contributed by atoms with Gasteiger partial charge >= 0.3 is 5.69 Å². The van der Waals surface area contributed by atoms with Crippen LogP contribution in [0, 0.1) is 0 Å². The molecule has 2 aromatic heterocycles. The van der Waals surface area contributed by atoms with Crippen molar-refractivity contribution in [1.82, 2.24) is 14.0 Å². The number of amides is 2. The molecule has 0 aliphatic carbocycles. The lowest BCUT2D eigenvalue weighted by molar-refractivity contribution is -0.132. The van der Waals surface area contributed by atoms with Crippen LogP contribution in [0.3, 0.4) is 0 Å². The molecule has 2 amide bonds. The minimum absolute atomic E-state index is 0.0827. The van der Waals surface area contributed by atoms with Crippen molar-refractivity contribution >= 4 is 44.8 Å². The first-order chi connectivity index (χ1) is 15.8. The Kier molecular flexibility index (Phi) is 6.55. The molecule has 0 radical (unpaired) electrons. The van der Waals surface area contributed by atoms with Crippen LogP contribution >= 0.6 is 11.3 Å². The van der Waals surface area contributed by atoms with Crippen LogP contribution in [-0.4, -0.2) is 44.7 Å². The van der Waals surface area contributed by atoms with E-state index in [0.717, 1.165) is 23.8 Å². The van der Waals surface area contributed by atoms with Crippen molar-refractivity contribution in [2.24, 2.45) is 0 Å². The molecule has 0 unspecified atom stereocenters. The Bertz CT molecular complexity index is 1330. The number of thiophene rings is 1. The van der Waals surface area contributed by atoms with Gasteiger partial charge in [-0.15, -0.1) is 11.3 Å². The third kappa shape index (κ3) is 4.80. The van der Waals surface area contributed by atoms with E-state index in [4.69, 9.17) is 0 Å². The predicted octanol–water partition coefficient (Wildman–Crippen LogP) is 2.08. The first-order valence-corrected chi connectivity index (χ1v) is 11.6. The van der Waals surface area contributed by atoms with E-state index in [1.165, 1.54) is 22.8 Å². The van der Waals surface area contributed by atoms with Crippen molar-refractivity contribution in [3.8, 4) is 0 Å². The molecule has 0 atom stereocenters. The number of ketones is 1. The number of anilines is 1. The van der Waals surface area contributed by atoms with Crippen LogP contribution in [0.25, 0.3) is 10.2 Å². The smallest absolute Gasteiger partial charge is 0.332 e. The number of carbonyl (C=O) groups excluding carboxylic acids is 3. The zero-order valence-electron chi connectivity index (χ0n) is 18.2. The van der Waals surface area contributed by atoms with Gasteiger partial charge in [-0.2, -0.15) is 0 Å². The third-order valence-electron chi connectivity index (χ3n) is 5.72. The Labute approximate surface area is 193 Å². The summed E-state index contributed by atoms with van der Waals surface area (Å²) in [6, 6.07) is 8.04. The summed E-state index contributed by atoms with van der Waals surface area (Å²) in [6.45, 7) is 2.02. The van der Waals surface area contributed by atoms with Crippen molar-refractivity contribution in [1.29, 1.82) is 0 Å². The Morgan fingerprint density at radius 3 is 2.30 bits per heavy atom. The highest BCUT2D eigenvalue weighted by Gasteiger charge is 2.22. The number of fused-ring (bicyclic) bond motifs is 1. The van der Waals surface area contributed by atoms with E-state index in [0.29, 0.717) is 34.6 Å². The molecule has 33 heavy (non-hydrogen) atoms. The first kappa shape index (κ1) is 22.7. The van der Waals surface area contributed by atoms with Gasteiger partial charge in [-0.05, 0) is 61.9 Å². The summed E-state index contributed by atoms with van der Waals surface area (Å²) in [4.78, 5) is 64.6. The zero-order chi connectivity index (χ0) is 23.5. The van der Waals surface area contributed by atoms with E-state index < -0.39 is 17.2 Å². The Morgan fingerprint density at radius 2 is 1.64 bits per heavy atom. The normalized spacial score (nSPS) is 13.8. The first-order valence-electron chi connectivity index (χ1n) is 10.7. The van der Waals surface area contributed by atoms with E-state index >= 15 is 0 Å². The highest BCUT2D eigenvalue weighted by Crippen LogP contribution is 2.16. The monoisotopic (exact) mass is 468 g/mol. The lowest BCUT2D eigenvalue weighted by atomic mass is 10.1. The predicted molar refractivity (Wildman–Crippen MR) is 126 cm³/mol. The number of carbonyl (C=O) groups is 3. The summed E-state index contributed by atoms with van der Waals surface area (Å²) in [5.41, 5.74) is 0.145. The zero-order valence-corrected chi connectivity index (χ0v) is 19.0. The molecular formula is C23H24N4O5S. The van der Waals surface area contributed by atoms with E-state index in [9.17, 15) is 24.0 Å². The maximum atomic E-state index is 13.2. The second-order valence-electron chi connectivity index (χ2n) is 8.02. The average Bonchev–Trinajstić information content (AvgIpc) is 3.30. The topological polar surface area (TPSA) is 110 Å². The summed E-state index contributed by atoms with van der Waals surface area (Å²) < 4.78 is 2.46. The summed E-state index contributed by atoms with van der Waals surface area (Å²) in [6.07, 6.45) is 2.87. The summed E-state index contributed by atoms with van der Waals surface area (Å²) in [5, 5.41) is 4.38. The Hall–Kier alpha value is -3.53. The van der Waals surface area contributed by atoms with Crippen LogP contribution in [0.4, 0.5) is 5.69 Å². The standard InChI is InChI=1S/C23H24N4O5S/c1-15(28)16-5-7-17(8-6-16)24-19(29)13-26-18-9-12-33-21(18)22(31)27(23(26)32)14-20(30)25-10-3-2-4-11-25/h5-9,12H,2-4,10-11,13-14H2,1H3,(H,24,29). The van der Waals surface area contributed by atoms with Gasteiger partial charge in [-0.25, -0.2) is 9.36 Å². The molecule has 1 saturated heterocycles. The lowest BCUT2D eigenvalue weighted by Gasteiger charge is -2.26. The SMILES string of the molecule is CC(=O)c1ccc(NC(=O)Cn2c(=O)n(CC(=O)N3CCCCC3)c(=O)c3sccc32)cc1. The number of Topliss-reactive ketones (excluding diaryl/α,β-unsaturated/α-hetero) is 1. The van der Waals surface area contributed by atoms with E-state index in [1.807, 2.05) is 0 Å². The van der Waals surface area contributed by atoms with Crippen LogP contribution < -0.4 is 16.6 Å². The lowest BCUT2D eigenvalue weighted by Crippen LogP contribution is -2.46. The molecule has 172 valence electrons. The van der Waals surface area contributed by atoms with Gasteiger partial charge in [0, 0.05) is 24.3 Å².